The van der Waals surface area contributed by atoms with Crippen LogP contribution >= 0.6 is 0 Å². The van der Waals surface area contributed by atoms with Gasteiger partial charge in [-0.25, -0.2) is 0 Å². The first-order valence-electron chi connectivity index (χ1n) is 5.81. The van der Waals surface area contributed by atoms with Crippen molar-refractivity contribution in [1.82, 2.24) is 0 Å². The molecule has 0 saturated carbocycles. The minimum absolute atomic E-state index is 0.0801. The van der Waals surface area contributed by atoms with Crippen LogP contribution in [0.1, 0.15) is 12.0 Å². The molecule has 0 spiro atoms. The van der Waals surface area contributed by atoms with Gasteiger partial charge in [-0.1, -0.05) is 12.1 Å². The molecule has 1 saturated heterocycles. The predicted molar refractivity (Wildman–Crippen MR) is 65.1 cm³/mol. The Morgan fingerprint density at radius 2 is 1.94 bits per heavy atom. The van der Waals surface area contributed by atoms with Gasteiger partial charge in [0.2, 0.25) is 0 Å². The maximum atomic E-state index is 10.9. The average molecular weight is 272 g/mol. The van der Waals surface area contributed by atoms with Gasteiger partial charge in [0.25, 0.3) is 10.1 Å². The second-order valence-corrected chi connectivity index (χ2v) is 5.65. The number of hydrogen-bond donors (Lipinski definition) is 1. The van der Waals surface area contributed by atoms with Crippen molar-refractivity contribution in [2.45, 2.75) is 23.8 Å². The van der Waals surface area contributed by atoms with E-state index < -0.39 is 10.1 Å². The minimum atomic E-state index is -4.10. The van der Waals surface area contributed by atoms with Crippen molar-refractivity contribution in [3.8, 4) is 0 Å². The molecule has 2 rings (SSSR count). The largest absolute Gasteiger partial charge is 0.376 e. The zero-order valence-corrected chi connectivity index (χ0v) is 10.7. The Kier molecular flexibility index (Phi) is 4.34. The van der Waals surface area contributed by atoms with Crippen LogP contribution in [0.2, 0.25) is 0 Å². The zero-order chi connectivity index (χ0) is 13.0. The molecule has 5 nitrogen and oxygen atoms in total. The fourth-order valence-electron chi connectivity index (χ4n) is 1.86. The lowest BCUT2D eigenvalue weighted by molar-refractivity contribution is -0.0903. The van der Waals surface area contributed by atoms with E-state index in [2.05, 4.69) is 0 Å². The van der Waals surface area contributed by atoms with Crippen molar-refractivity contribution >= 4 is 10.1 Å². The molecule has 18 heavy (non-hydrogen) atoms. The third-order valence-corrected chi connectivity index (χ3v) is 3.73. The molecule has 0 bridgehead atoms. The Morgan fingerprint density at radius 1 is 1.22 bits per heavy atom. The highest BCUT2D eigenvalue weighted by Gasteiger charge is 2.14. The first-order valence-corrected chi connectivity index (χ1v) is 7.25. The Bertz CT molecular complexity index is 474. The second-order valence-electron chi connectivity index (χ2n) is 4.23. The molecule has 1 aromatic rings. The molecule has 0 radical (unpaired) electrons. The molecule has 0 aliphatic carbocycles. The molecule has 100 valence electrons. The van der Waals surface area contributed by atoms with Gasteiger partial charge in [0.15, 0.2) is 0 Å². The zero-order valence-electron chi connectivity index (χ0n) is 9.91. The van der Waals surface area contributed by atoms with Crippen LogP contribution in [-0.4, -0.2) is 38.9 Å². The van der Waals surface area contributed by atoms with Gasteiger partial charge in [-0.15, -0.1) is 0 Å². The summed E-state index contributed by atoms with van der Waals surface area (Å²) in [5.74, 6) is 0. The summed E-state index contributed by atoms with van der Waals surface area (Å²) in [4.78, 5) is -0.0801. The molecule has 1 aromatic carbocycles. The first-order chi connectivity index (χ1) is 8.55. The van der Waals surface area contributed by atoms with Crippen LogP contribution in [0, 0.1) is 0 Å². The smallest absolute Gasteiger partial charge is 0.294 e. The van der Waals surface area contributed by atoms with Crippen molar-refractivity contribution in [2.75, 3.05) is 19.8 Å². The van der Waals surface area contributed by atoms with Crippen LogP contribution in [0.25, 0.3) is 0 Å². The fraction of sp³-hybridized carbons (Fsp3) is 0.500. The van der Waals surface area contributed by atoms with Crippen LogP contribution < -0.4 is 0 Å². The van der Waals surface area contributed by atoms with Gasteiger partial charge in [0, 0.05) is 0 Å². The summed E-state index contributed by atoms with van der Waals surface area (Å²) in [6.45, 7) is 1.90. The molecule has 1 heterocycles. The SMILES string of the molecule is O=S(=O)(O)c1ccc(CCC2COCCO2)cc1. The quantitative estimate of drug-likeness (QED) is 0.836. The van der Waals surface area contributed by atoms with E-state index >= 15 is 0 Å². The highest BCUT2D eigenvalue weighted by Crippen LogP contribution is 2.14. The van der Waals surface area contributed by atoms with Crippen LogP contribution in [0.5, 0.6) is 0 Å². The van der Waals surface area contributed by atoms with Crippen molar-refractivity contribution in [3.05, 3.63) is 29.8 Å². The summed E-state index contributed by atoms with van der Waals surface area (Å²) >= 11 is 0. The standard InChI is InChI=1S/C12H16O5S/c13-18(14,15)12-5-2-10(3-6-12)1-4-11-9-16-7-8-17-11/h2-3,5-6,11H,1,4,7-9H2,(H,13,14,15). The Hall–Kier alpha value is -0.950. The van der Waals surface area contributed by atoms with Crippen LogP contribution in [0.15, 0.2) is 29.2 Å². The molecular formula is C12H16O5S. The summed E-state index contributed by atoms with van der Waals surface area (Å²) in [7, 11) is -4.10. The maximum absolute atomic E-state index is 10.9. The van der Waals surface area contributed by atoms with E-state index in [4.69, 9.17) is 14.0 Å². The number of ether oxygens (including phenoxy) is 2. The van der Waals surface area contributed by atoms with Gasteiger partial charge < -0.3 is 9.47 Å². The normalized spacial score (nSPS) is 20.8. The van der Waals surface area contributed by atoms with E-state index in [1.54, 1.807) is 12.1 Å². The molecule has 1 aliphatic rings. The number of benzene rings is 1. The van der Waals surface area contributed by atoms with E-state index in [9.17, 15) is 8.42 Å². The van der Waals surface area contributed by atoms with E-state index in [1.165, 1.54) is 12.1 Å². The summed E-state index contributed by atoms with van der Waals surface area (Å²) in [6, 6.07) is 6.21. The van der Waals surface area contributed by atoms with Gasteiger partial charge in [-0.3, -0.25) is 4.55 Å². The summed E-state index contributed by atoms with van der Waals surface area (Å²) in [5, 5.41) is 0. The molecule has 1 unspecified atom stereocenters. The third-order valence-electron chi connectivity index (χ3n) is 2.86. The number of aryl methyl sites for hydroxylation is 1. The van der Waals surface area contributed by atoms with Crippen LogP contribution in [0.4, 0.5) is 0 Å². The second kappa shape index (κ2) is 5.79. The van der Waals surface area contributed by atoms with Crippen molar-refractivity contribution in [1.29, 1.82) is 0 Å². The molecule has 6 heteroatoms. The Balaban J connectivity index is 1.90. The van der Waals surface area contributed by atoms with E-state index in [0.717, 1.165) is 18.4 Å². The van der Waals surface area contributed by atoms with E-state index in [-0.39, 0.29) is 11.0 Å². The molecule has 1 fully saturated rings. The van der Waals surface area contributed by atoms with Crippen LogP contribution in [-0.2, 0) is 26.0 Å². The molecule has 1 aliphatic heterocycles. The summed E-state index contributed by atoms with van der Waals surface area (Å²) < 4.78 is 41.4. The summed E-state index contributed by atoms with van der Waals surface area (Å²) in [5.41, 5.74) is 1.01. The monoisotopic (exact) mass is 272 g/mol. The Morgan fingerprint density at radius 3 is 2.50 bits per heavy atom. The molecule has 0 aromatic heterocycles. The van der Waals surface area contributed by atoms with Crippen molar-refractivity contribution in [3.63, 3.8) is 0 Å². The number of hydrogen-bond acceptors (Lipinski definition) is 4. The fourth-order valence-corrected chi connectivity index (χ4v) is 2.34. The highest BCUT2D eigenvalue weighted by atomic mass is 32.2. The lowest BCUT2D eigenvalue weighted by atomic mass is 10.1. The van der Waals surface area contributed by atoms with E-state index in [0.29, 0.717) is 19.8 Å². The van der Waals surface area contributed by atoms with Crippen LogP contribution in [0.3, 0.4) is 0 Å². The topological polar surface area (TPSA) is 72.8 Å². The van der Waals surface area contributed by atoms with Gasteiger partial charge >= 0.3 is 0 Å². The van der Waals surface area contributed by atoms with Crippen molar-refractivity contribution < 1.29 is 22.4 Å². The number of rotatable bonds is 4. The predicted octanol–water partition coefficient (Wildman–Crippen LogP) is 1.28. The van der Waals surface area contributed by atoms with Gasteiger partial charge in [-0.2, -0.15) is 8.42 Å². The maximum Gasteiger partial charge on any atom is 0.294 e. The molecule has 1 atom stereocenters. The first kappa shape index (κ1) is 13.5. The van der Waals surface area contributed by atoms with Gasteiger partial charge in [0.05, 0.1) is 30.8 Å². The van der Waals surface area contributed by atoms with Gasteiger partial charge in [0.1, 0.15) is 0 Å². The lowest BCUT2D eigenvalue weighted by Crippen LogP contribution is -2.28. The lowest BCUT2D eigenvalue weighted by Gasteiger charge is -2.22. The molecule has 1 N–H and O–H groups in total. The van der Waals surface area contributed by atoms with Gasteiger partial charge in [-0.05, 0) is 30.5 Å². The molecule has 0 amide bonds. The Labute approximate surface area is 106 Å². The van der Waals surface area contributed by atoms with Crippen molar-refractivity contribution in [2.24, 2.45) is 0 Å². The third kappa shape index (κ3) is 3.78. The minimum Gasteiger partial charge on any atom is -0.376 e. The van der Waals surface area contributed by atoms with E-state index in [1.807, 2.05) is 0 Å². The summed E-state index contributed by atoms with van der Waals surface area (Å²) in [6.07, 6.45) is 1.74. The highest BCUT2D eigenvalue weighted by molar-refractivity contribution is 7.85. The molecular weight excluding hydrogens is 256 g/mol. The average Bonchev–Trinajstić information content (AvgIpc) is 2.37.